The van der Waals surface area contributed by atoms with Gasteiger partial charge in [-0.15, -0.1) is 0 Å². The van der Waals surface area contributed by atoms with Crippen molar-refractivity contribution in [1.29, 1.82) is 0 Å². The molecule has 0 atom stereocenters. The number of rotatable bonds is 3. The van der Waals surface area contributed by atoms with Crippen molar-refractivity contribution in [3.8, 4) is 17.2 Å². The summed E-state index contributed by atoms with van der Waals surface area (Å²) in [5.41, 5.74) is 6.88. The zero-order valence-corrected chi connectivity index (χ0v) is 12.5. The molecule has 3 rings (SSSR count). The van der Waals surface area contributed by atoms with E-state index in [9.17, 15) is 0 Å². The van der Waals surface area contributed by atoms with Crippen molar-refractivity contribution in [3.63, 3.8) is 0 Å². The van der Waals surface area contributed by atoms with Crippen LogP contribution in [0.3, 0.4) is 0 Å². The second-order valence-corrected chi connectivity index (χ2v) is 5.99. The molecule has 112 valence electrons. The zero-order chi connectivity index (χ0) is 14.9. The molecule has 1 fully saturated rings. The van der Waals surface area contributed by atoms with Gasteiger partial charge in [0.2, 0.25) is 0 Å². The third kappa shape index (κ3) is 2.78. The van der Waals surface area contributed by atoms with E-state index in [2.05, 4.69) is 17.1 Å². The number of methoxy groups -OCH3 is 1. The van der Waals surface area contributed by atoms with E-state index < -0.39 is 5.54 Å². The molecule has 1 aliphatic rings. The van der Waals surface area contributed by atoms with E-state index >= 15 is 0 Å². The smallest absolute Gasteiger partial charge is 0.258 e. The maximum absolute atomic E-state index is 6.48. The van der Waals surface area contributed by atoms with E-state index in [4.69, 9.17) is 15.0 Å². The predicted molar refractivity (Wildman–Crippen MR) is 79.8 cm³/mol. The SMILES string of the molecule is COc1cccc(-c2nc(C3(N)CCC(C)CC3)no2)c1. The third-order valence-corrected chi connectivity index (χ3v) is 4.35. The van der Waals surface area contributed by atoms with Gasteiger partial charge in [0.25, 0.3) is 5.89 Å². The normalized spacial score (nSPS) is 25.8. The standard InChI is InChI=1S/C16H21N3O2/c1-11-6-8-16(17,9-7-11)15-18-14(21-19-15)12-4-3-5-13(10-12)20-2/h3-5,10-11H,6-9,17H2,1-2H3. The molecule has 0 unspecified atom stereocenters. The lowest BCUT2D eigenvalue weighted by molar-refractivity contribution is 0.230. The molecule has 5 nitrogen and oxygen atoms in total. The molecular weight excluding hydrogens is 266 g/mol. The zero-order valence-electron chi connectivity index (χ0n) is 12.5. The highest BCUT2D eigenvalue weighted by molar-refractivity contribution is 5.55. The van der Waals surface area contributed by atoms with Gasteiger partial charge in [0.1, 0.15) is 5.75 Å². The van der Waals surface area contributed by atoms with Crippen molar-refractivity contribution >= 4 is 0 Å². The van der Waals surface area contributed by atoms with Crippen LogP contribution in [0.25, 0.3) is 11.5 Å². The van der Waals surface area contributed by atoms with Crippen LogP contribution in [0.2, 0.25) is 0 Å². The highest BCUT2D eigenvalue weighted by atomic mass is 16.5. The highest BCUT2D eigenvalue weighted by Gasteiger charge is 2.36. The summed E-state index contributed by atoms with van der Waals surface area (Å²) < 4.78 is 10.6. The molecule has 1 aromatic heterocycles. The van der Waals surface area contributed by atoms with E-state index in [-0.39, 0.29) is 0 Å². The average molecular weight is 287 g/mol. The summed E-state index contributed by atoms with van der Waals surface area (Å²) in [7, 11) is 1.64. The average Bonchev–Trinajstić information content (AvgIpc) is 3.01. The predicted octanol–water partition coefficient (Wildman–Crippen LogP) is 3.11. The fourth-order valence-electron chi connectivity index (χ4n) is 2.80. The van der Waals surface area contributed by atoms with Crippen LogP contribution in [0.1, 0.15) is 38.4 Å². The number of ether oxygens (including phenoxy) is 1. The summed E-state index contributed by atoms with van der Waals surface area (Å²) in [6, 6.07) is 7.58. The molecule has 0 saturated heterocycles. The lowest BCUT2D eigenvalue weighted by Crippen LogP contribution is -2.41. The van der Waals surface area contributed by atoms with Gasteiger partial charge in [-0.05, 0) is 49.8 Å². The van der Waals surface area contributed by atoms with Gasteiger partial charge in [0.05, 0.1) is 12.6 Å². The summed E-state index contributed by atoms with van der Waals surface area (Å²) >= 11 is 0. The highest BCUT2D eigenvalue weighted by Crippen LogP contribution is 2.36. The molecule has 0 spiro atoms. The number of hydrogen-bond donors (Lipinski definition) is 1. The van der Waals surface area contributed by atoms with E-state index in [1.165, 1.54) is 0 Å². The minimum atomic E-state index is -0.451. The van der Waals surface area contributed by atoms with Gasteiger partial charge in [-0.25, -0.2) is 0 Å². The molecule has 2 N–H and O–H groups in total. The maximum Gasteiger partial charge on any atom is 0.258 e. The van der Waals surface area contributed by atoms with Crippen molar-refractivity contribution in [2.24, 2.45) is 11.7 Å². The first-order chi connectivity index (χ1) is 10.1. The molecule has 0 aliphatic heterocycles. The monoisotopic (exact) mass is 287 g/mol. The van der Waals surface area contributed by atoms with Crippen LogP contribution in [0.5, 0.6) is 5.75 Å². The summed E-state index contributed by atoms with van der Waals surface area (Å²) in [6.45, 7) is 2.26. The quantitative estimate of drug-likeness (QED) is 0.938. The van der Waals surface area contributed by atoms with Gasteiger partial charge in [-0.2, -0.15) is 4.98 Å². The van der Waals surface area contributed by atoms with Crippen LogP contribution in [0, 0.1) is 5.92 Å². The number of nitrogens with two attached hydrogens (primary N) is 1. The lowest BCUT2D eigenvalue weighted by atomic mass is 9.77. The van der Waals surface area contributed by atoms with Gasteiger partial charge < -0.3 is 15.0 Å². The first-order valence-corrected chi connectivity index (χ1v) is 7.38. The van der Waals surface area contributed by atoms with Gasteiger partial charge in [0, 0.05) is 5.56 Å². The number of nitrogens with zero attached hydrogens (tertiary/aromatic N) is 2. The molecule has 0 bridgehead atoms. The van der Waals surface area contributed by atoms with Crippen LogP contribution < -0.4 is 10.5 Å². The third-order valence-electron chi connectivity index (χ3n) is 4.35. The Labute approximate surface area is 124 Å². The Kier molecular flexibility index (Phi) is 3.68. The Bertz CT molecular complexity index is 615. The minimum Gasteiger partial charge on any atom is -0.497 e. The number of benzene rings is 1. The first kappa shape index (κ1) is 14.1. The first-order valence-electron chi connectivity index (χ1n) is 7.38. The van der Waals surface area contributed by atoms with Crippen LogP contribution in [-0.2, 0) is 5.54 Å². The van der Waals surface area contributed by atoms with E-state index in [1.54, 1.807) is 7.11 Å². The van der Waals surface area contributed by atoms with E-state index in [0.29, 0.717) is 11.7 Å². The minimum absolute atomic E-state index is 0.451. The molecule has 0 radical (unpaired) electrons. The molecule has 1 heterocycles. The van der Waals surface area contributed by atoms with Gasteiger partial charge in [-0.1, -0.05) is 18.1 Å². The summed E-state index contributed by atoms with van der Waals surface area (Å²) in [5, 5.41) is 4.12. The molecule has 5 heteroatoms. The fourth-order valence-corrected chi connectivity index (χ4v) is 2.80. The van der Waals surface area contributed by atoms with Crippen molar-refractivity contribution in [1.82, 2.24) is 10.1 Å². The topological polar surface area (TPSA) is 74.2 Å². The van der Waals surface area contributed by atoms with Gasteiger partial charge in [-0.3, -0.25) is 0 Å². The van der Waals surface area contributed by atoms with E-state index in [0.717, 1.165) is 42.9 Å². The molecular formula is C16H21N3O2. The molecule has 1 saturated carbocycles. The maximum atomic E-state index is 6.48. The van der Waals surface area contributed by atoms with Crippen LogP contribution in [-0.4, -0.2) is 17.3 Å². The summed E-state index contributed by atoms with van der Waals surface area (Å²) in [5.74, 6) is 2.60. The Balaban J connectivity index is 1.86. The van der Waals surface area contributed by atoms with Crippen molar-refractivity contribution < 1.29 is 9.26 Å². The van der Waals surface area contributed by atoms with Crippen LogP contribution in [0.15, 0.2) is 28.8 Å². The van der Waals surface area contributed by atoms with Crippen LogP contribution >= 0.6 is 0 Å². The molecule has 21 heavy (non-hydrogen) atoms. The Morgan fingerprint density at radius 3 is 2.81 bits per heavy atom. The largest absolute Gasteiger partial charge is 0.497 e. The fraction of sp³-hybridized carbons (Fsp3) is 0.500. The lowest BCUT2D eigenvalue weighted by Gasteiger charge is -2.33. The Morgan fingerprint density at radius 2 is 2.10 bits per heavy atom. The summed E-state index contributed by atoms with van der Waals surface area (Å²) in [4.78, 5) is 4.52. The van der Waals surface area contributed by atoms with Crippen molar-refractivity contribution in [2.45, 2.75) is 38.1 Å². The van der Waals surface area contributed by atoms with Crippen molar-refractivity contribution in [3.05, 3.63) is 30.1 Å². The van der Waals surface area contributed by atoms with Gasteiger partial charge >= 0.3 is 0 Å². The van der Waals surface area contributed by atoms with Crippen LogP contribution in [0.4, 0.5) is 0 Å². The second-order valence-electron chi connectivity index (χ2n) is 5.99. The Morgan fingerprint density at radius 1 is 1.33 bits per heavy atom. The molecule has 0 amide bonds. The van der Waals surface area contributed by atoms with Crippen molar-refractivity contribution in [2.75, 3.05) is 7.11 Å². The molecule has 1 aromatic carbocycles. The van der Waals surface area contributed by atoms with Gasteiger partial charge in [0.15, 0.2) is 5.82 Å². The van der Waals surface area contributed by atoms with E-state index in [1.807, 2.05) is 24.3 Å². The number of hydrogen-bond acceptors (Lipinski definition) is 5. The molecule has 2 aromatic rings. The molecule has 1 aliphatic carbocycles. The number of aromatic nitrogens is 2. The second kappa shape index (κ2) is 5.48. The summed E-state index contributed by atoms with van der Waals surface area (Å²) in [6.07, 6.45) is 4.04. The Hall–Kier alpha value is -1.88.